The van der Waals surface area contributed by atoms with Gasteiger partial charge in [-0.3, -0.25) is 9.79 Å². The fourth-order valence-electron chi connectivity index (χ4n) is 3.17. The number of anilines is 1. The number of carbonyl (C=O) groups is 1. The zero-order valence-corrected chi connectivity index (χ0v) is 15.6. The fraction of sp³-hybridized carbons (Fsp3) is 0.579. The summed E-state index contributed by atoms with van der Waals surface area (Å²) >= 11 is 0. The lowest BCUT2D eigenvalue weighted by Gasteiger charge is -2.26. The summed E-state index contributed by atoms with van der Waals surface area (Å²) < 4.78 is 0. The largest absolute Gasteiger partial charge is 0.356 e. The lowest BCUT2D eigenvalue weighted by molar-refractivity contribution is -0.116. The summed E-state index contributed by atoms with van der Waals surface area (Å²) in [5, 5.41) is 9.66. The lowest BCUT2D eigenvalue weighted by atomic mass is 9.90. The summed E-state index contributed by atoms with van der Waals surface area (Å²) in [5.41, 5.74) is 2.11. The highest BCUT2D eigenvalue weighted by Crippen LogP contribution is 2.31. The summed E-state index contributed by atoms with van der Waals surface area (Å²) in [5.74, 6) is 1.04. The average Bonchev–Trinajstić information content (AvgIpc) is 2.64. The summed E-state index contributed by atoms with van der Waals surface area (Å²) in [6, 6.07) is 8.01. The third-order valence-electron chi connectivity index (χ3n) is 4.68. The lowest BCUT2D eigenvalue weighted by Crippen LogP contribution is -2.41. The zero-order chi connectivity index (χ0) is 18.1. The van der Waals surface area contributed by atoms with E-state index < -0.39 is 0 Å². The quantitative estimate of drug-likeness (QED) is 0.383. The second-order valence-electron chi connectivity index (χ2n) is 6.30. The minimum absolute atomic E-state index is 0.0765. The molecule has 1 aromatic carbocycles. The fourth-order valence-corrected chi connectivity index (χ4v) is 3.17. The van der Waals surface area contributed by atoms with Crippen LogP contribution in [0.4, 0.5) is 5.69 Å². The predicted molar refractivity (Wildman–Crippen MR) is 104 cm³/mol. The third-order valence-corrected chi connectivity index (χ3v) is 4.68. The van der Waals surface area contributed by atoms with Gasteiger partial charge in [-0.1, -0.05) is 32.0 Å². The van der Waals surface area contributed by atoms with Crippen molar-refractivity contribution < 1.29 is 4.79 Å². The van der Waals surface area contributed by atoms with Gasteiger partial charge in [0.15, 0.2) is 5.96 Å². The molecular weight excluding hydrogens is 314 g/mol. The van der Waals surface area contributed by atoms with Crippen molar-refractivity contribution in [3.63, 3.8) is 0 Å². The highest BCUT2D eigenvalue weighted by atomic mass is 16.1. The number of guanidine groups is 1. The molecule has 0 aromatic heterocycles. The number of para-hydroxylation sites is 1. The molecule has 1 aliphatic heterocycles. The highest BCUT2D eigenvalue weighted by molar-refractivity contribution is 5.94. The highest BCUT2D eigenvalue weighted by Gasteiger charge is 2.24. The molecule has 1 aliphatic rings. The van der Waals surface area contributed by atoms with Crippen molar-refractivity contribution >= 4 is 17.6 Å². The van der Waals surface area contributed by atoms with Crippen LogP contribution in [0.2, 0.25) is 0 Å². The van der Waals surface area contributed by atoms with E-state index in [0.717, 1.165) is 44.2 Å². The Hall–Kier alpha value is -2.08. The summed E-state index contributed by atoms with van der Waals surface area (Å²) in [7, 11) is 1.78. The molecule has 2 rings (SSSR count). The Morgan fingerprint density at radius 1 is 1.28 bits per heavy atom. The number of fused-ring (bicyclic) bond motifs is 1. The Balaban J connectivity index is 1.80. The first-order valence-electron chi connectivity index (χ1n) is 9.23. The van der Waals surface area contributed by atoms with Crippen LogP contribution in [0, 0.1) is 0 Å². The van der Waals surface area contributed by atoms with Crippen LogP contribution in [-0.4, -0.2) is 56.5 Å². The number of nitrogens with zero attached hydrogens (tertiary/aromatic N) is 2. The molecule has 0 aliphatic carbocycles. The maximum Gasteiger partial charge on any atom is 0.225 e. The van der Waals surface area contributed by atoms with Crippen LogP contribution in [0.3, 0.4) is 0 Å². The smallest absolute Gasteiger partial charge is 0.225 e. The Labute approximate surface area is 151 Å². The van der Waals surface area contributed by atoms with Gasteiger partial charge in [-0.05, 0) is 37.7 Å². The van der Waals surface area contributed by atoms with Crippen molar-refractivity contribution in [2.45, 2.75) is 32.6 Å². The van der Waals surface area contributed by atoms with E-state index in [1.807, 2.05) is 18.2 Å². The summed E-state index contributed by atoms with van der Waals surface area (Å²) in [4.78, 5) is 18.6. The topological polar surface area (TPSA) is 68.8 Å². The number of carbonyl (C=O) groups excluding carboxylic acids is 1. The monoisotopic (exact) mass is 345 g/mol. The van der Waals surface area contributed by atoms with E-state index in [1.54, 1.807) is 7.05 Å². The minimum Gasteiger partial charge on any atom is -0.356 e. The Morgan fingerprint density at radius 3 is 2.76 bits per heavy atom. The van der Waals surface area contributed by atoms with Crippen molar-refractivity contribution in [1.29, 1.82) is 0 Å². The van der Waals surface area contributed by atoms with Gasteiger partial charge in [0.25, 0.3) is 0 Å². The van der Waals surface area contributed by atoms with Crippen molar-refractivity contribution in [1.82, 2.24) is 15.5 Å². The number of nitrogens with one attached hydrogen (secondary N) is 3. The predicted octanol–water partition coefficient (Wildman–Crippen LogP) is 2.01. The van der Waals surface area contributed by atoms with E-state index in [-0.39, 0.29) is 11.8 Å². The van der Waals surface area contributed by atoms with Crippen LogP contribution in [0.5, 0.6) is 0 Å². The van der Waals surface area contributed by atoms with Gasteiger partial charge < -0.3 is 20.9 Å². The average molecular weight is 345 g/mol. The van der Waals surface area contributed by atoms with Crippen LogP contribution in [0.1, 0.15) is 38.2 Å². The Bertz CT molecular complexity index is 583. The van der Waals surface area contributed by atoms with Crippen LogP contribution >= 0.6 is 0 Å². The first-order valence-corrected chi connectivity index (χ1v) is 9.23. The number of hydrogen-bond acceptors (Lipinski definition) is 3. The first kappa shape index (κ1) is 19.2. The molecule has 1 heterocycles. The van der Waals surface area contributed by atoms with E-state index in [2.05, 4.69) is 45.8 Å². The van der Waals surface area contributed by atoms with E-state index in [4.69, 9.17) is 0 Å². The van der Waals surface area contributed by atoms with E-state index in [1.165, 1.54) is 5.56 Å². The Morgan fingerprint density at radius 2 is 2.04 bits per heavy atom. The van der Waals surface area contributed by atoms with Gasteiger partial charge in [0, 0.05) is 38.2 Å². The number of rotatable bonds is 8. The molecule has 138 valence electrons. The molecule has 1 amide bonds. The molecule has 1 atom stereocenters. The molecule has 0 saturated heterocycles. The normalized spacial score (nSPS) is 17.2. The molecule has 0 saturated carbocycles. The van der Waals surface area contributed by atoms with Gasteiger partial charge in [-0.2, -0.15) is 0 Å². The summed E-state index contributed by atoms with van der Waals surface area (Å²) in [6.07, 6.45) is 1.58. The van der Waals surface area contributed by atoms with Crippen molar-refractivity contribution in [3.8, 4) is 0 Å². The number of benzene rings is 1. The molecule has 3 N–H and O–H groups in total. The molecule has 25 heavy (non-hydrogen) atoms. The van der Waals surface area contributed by atoms with Gasteiger partial charge in [-0.15, -0.1) is 0 Å². The van der Waals surface area contributed by atoms with Crippen LogP contribution < -0.4 is 16.0 Å². The number of hydrogen-bond donors (Lipinski definition) is 3. The third kappa shape index (κ3) is 5.74. The number of amides is 1. The first-order chi connectivity index (χ1) is 12.2. The van der Waals surface area contributed by atoms with E-state index in [9.17, 15) is 4.79 Å². The second-order valence-corrected chi connectivity index (χ2v) is 6.30. The van der Waals surface area contributed by atoms with Gasteiger partial charge in [0.05, 0.1) is 0 Å². The van der Waals surface area contributed by atoms with Crippen LogP contribution in [-0.2, 0) is 4.79 Å². The van der Waals surface area contributed by atoms with Crippen molar-refractivity contribution in [2.24, 2.45) is 4.99 Å². The second kappa shape index (κ2) is 10.0. The molecular formula is C19H31N5O. The van der Waals surface area contributed by atoms with Crippen LogP contribution in [0.25, 0.3) is 0 Å². The van der Waals surface area contributed by atoms with Gasteiger partial charge in [0.1, 0.15) is 0 Å². The maximum absolute atomic E-state index is 11.9. The van der Waals surface area contributed by atoms with Crippen LogP contribution in [0.15, 0.2) is 29.3 Å². The molecule has 0 radical (unpaired) electrons. The minimum atomic E-state index is 0.0765. The molecule has 0 fully saturated rings. The molecule has 1 aromatic rings. The number of aliphatic imine (C=N–C) groups is 1. The standard InChI is InChI=1S/C19H31N5O/c1-4-24(5-2)12-8-11-21-19(20-3)22-14-15-13-18(25)23-17-10-7-6-9-16(15)17/h6-7,9-10,15H,4-5,8,11-14H2,1-3H3,(H,23,25)(H2,20,21,22). The Kier molecular flexibility index (Phi) is 7.73. The van der Waals surface area contributed by atoms with E-state index >= 15 is 0 Å². The van der Waals surface area contributed by atoms with Gasteiger partial charge in [-0.25, -0.2) is 0 Å². The molecule has 6 nitrogen and oxygen atoms in total. The SMILES string of the molecule is CCN(CC)CCCNC(=NC)NCC1CC(=O)Nc2ccccc21. The molecule has 0 bridgehead atoms. The maximum atomic E-state index is 11.9. The molecule has 1 unspecified atom stereocenters. The van der Waals surface area contributed by atoms with Crippen molar-refractivity contribution in [3.05, 3.63) is 29.8 Å². The van der Waals surface area contributed by atoms with Gasteiger partial charge in [0.2, 0.25) is 5.91 Å². The van der Waals surface area contributed by atoms with Crippen molar-refractivity contribution in [2.75, 3.05) is 45.1 Å². The van der Waals surface area contributed by atoms with Gasteiger partial charge >= 0.3 is 0 Å². The zero-order valence-electron chi connectivity index (χ0n) is 15.6. The summed E-state index contributed by atoms with van der Waals surface area (Å²) in [6.45, 7) is 9.23. The van der Waals surface area contributed by atoms with E-state index in [0.29, 0.717) is 13.0 Å². The molecule has 0 spiro atoms. The molecule has 6 heteroatoms.